The van der Waals surface area contributed by atoms with Crippen molar-refractivity contribution < 1.29 is 9.53 Å². The molecule has 2 aromatic carbocycles. The minimum atomic E-state index is -0.182. The maximum Gasteiger partial charge on any atom is 0.410 e. The SMILES string of the molecule is Cc1nnc(C(C)C)n1N1CC2CCC(C1)N2C(=O)OCC1c2ccccc2-c2ccccc21. The van der Waals surface area contributed by atoms with Crippen LogP contribution in [-0.2, 0) is 4.74 Å². The van der Waals surface area contributed by atoms with Gasteiger partial charge in [-0.1, -0.05) is 62.4 Å². The summed E-state index contributed by atoms with van der Waals surface area (Å²) in [6, 6.07) is 17.2. The van der Waals surface area contributed by atoms with E-state index < -0.39 is 0 Å². The first kappa shape index (κ1) is 21.2. The molecule has 1 aliphatic carbocycles. The Bertz CT molecular complexity index is 1180. The van der Waals surface area contributed by atoms with Crippen molar-refractivity contribution in [3.05, 3.63) is 71.3 Å². The predicted molar refractivity (Wildman–Crippen MR) is 131 cm³/mol. The smallest absolute Gasteiger partial charge is 0.410 e. The standard InChI is InChI=1S/C27H31N5O2/c1-17(2)26-29-28-18(3)32(26)30-14-19-12-13-20(15-30)31(19)27(33)34-16-25-23-10-6-4-8-21(23)22-9-5-7-11-24(22)25/h4-11,17,19-20,25H,12-16H2,1-3H3. The lowest BCUT2D eigenvalue weighted by Crippen LogP contribution is -2.59. The lowest BCUT2D eigenvalue weighted by Gasteiger charge is -2.42. The summed E-state index contributed by atoms with van der Waals surface area (Å²) in [6.45, 7) is 8.20. The number of hydrogen-bond donors (Lipinski definition) is 0. The predicted octanol–water partition coefficient (Wildman–Crippen LogP) is 4.44. The Kier molecular flexibility index (Phi) is 5.08. The molecule has 7 heteroatoms. The second-order valence-corrected chi connectivity index (χ2v) is 10.0. The number of carbonyl (C=O) groups excluding carboxylic acids is 1. The number of amides is 1. The van der Waals surface area contributed by atoms with Gasteiger partial charge in [0.1, 0.15) is 12.4 Å². The van der Waals surface area contributed by atoms with Gasteiger partial charge in [0.2, 0.25) is 0 Å². The number of ether oxygens (including phenoxy) is 1. The molecule has 7 nitrogen and oxygen atoms in total. The van der Waals surface area contributed by atoms with Gasteiger partial charge in [-0.2, -0.15) is 0 Å². The lowest BCUT2D eigenvalue weighted by atomic mass is 9.98. The number of rotatable bonds is 4. The summed E-state index contributed by atoms with van der Waals surface area (Å²) in [5, 5.41) is 11.0. The Balaban J connectivity index is 1.18. The van der Waals surface area contributed by atoms with Crippen molar-refractivity contribution in [2.24, 2.45) is 0 Å². The highest BCUT2D eigenvalue weighted by atomic mass is 16.6. The Morgan fingerprint density at radius 1 is 0.971 bits per heavy atom. The molecule has 34 heavy (non-hydrogen) atoms. The van der Waals surface area contributed by atoms with E-state index in [-0.39, 0.29) is 24.1 Å². The number of hydrogen-bond acceptors (Lipinski definition) is 5. The second-order valence-electron chi connectivity index (χ2n) is 10.0. The molecule has 1 amide bonds. The van der Waals surface area contributed by atoms with Crippen molar-refractivity contribution in [2.45, 2.75) is 57.5 Å². The Morgan fingerprint density at radius 3 is 2.15 bits per heavy atom. The van der Waals surface area contributed by atoms with Crippen molar-refractivity contribution >= 4 is 6.09 Å². The minimum absolute atomic E-state index is 0.0866. The van der Waals surface area contributed by atoms with E-state index >= 15 is 0 Å². The van der Waals surface area contributed by atoms with Gasteiger partial charge in [-0.05, 0) is 42.0 Å². The molecule has 176 valence electrons. The highest BCUT2D eigenvalue weighted by Gasteiger charge is 2.45. The molecule has 3 aromatic rings. The van der Waals surface area contributed by atoms with Gasteiger partial charge < -0.3 is 9.75 Å². The molecule has 2 bridgehead atoms. The molecule has 2 aliphatic heterocycles. The van der Waals surface area contributed by atoms with Crippen LogP contribution in [0.25, 0.3) is 11.1 Å². The number of benzene rings is 2. The van der Waals surface area contributed by atoms with E-state index in [2.05, 4.69) is 82.3 Å². The van der Waals surface area contributed by atoms with E-state index in [0.717, 1.165) is 37.6 Å². The average molecular weight is 458 g/mol. The maximum absolute atomic E-state index is 13.3. The third-order valence-electron chi connectivity index (χ3n) is 7.63. The van der Waals surface area contributed by atoms with E-state index in [1.54, 1.807) is 0 Å². The van der Waals surface area contributed by atoms with Gasteiger partial charge in [0.25, 0.3) is 0 Å². The molecule has 2 saturated heterocycles. The van der Waals surface area contributed by atoms with Crippen LogP contribution in [0.5, 0.6) is 0 Å². The van der Waals surface area contributed by atoms with Crippen LogP contribution in [-0.4, -0.2) is 57.6 Å². The van der Waals surface area contributed by atoms with Crippen LogP contribution in [0.15, 0.2) is 48.5 Å². The molecular weight excluding hydrogens is 426 g/mol. The first-order valence-electron chi connectivity index (χ1n) is 12.3. The Labute approximate surface area is 200 Å². The molecule has 1 aromatic heterocycles. The van der Waals surface area contributed by atoms with Gasteiger partial charge in [-0.25, -0.2) is 9.47 Å². The topological polar surface area (TPSA) is 63.5 Å². The lowest BCUT2D eigenvalue weighted by molar-refractivity contribution is 0.0731. The van der Waals surface area contributed by atoms with Gasteiger partial charge >= 0.3 is 6.09 Å². The van der Waals surface area contributed by atoms with Crippen LogP contribution in [0, 0.1) is 6.92 Å². The number of nitrogens with zero attached hydrogens (tertiary/aromatic N) is 5. The summed E-state index contributed by atoms with van der Waals surface area (Å²) in [5.74, 6) is 2.26. The van der Waals surface area contributed by atoms with Crippen LogP contribution in [0.4, 0.5) is 4.79 Å². The quantitative estimate of drug-likeness (QED) is 0.579. The highest BCUT2D eigenvalue weighted by Crippen LogP contribution is 2.44. The second kappa shape index (κ2) is 8.15. The third-order valence-corrected chi connectivity index (χ3v) is 7.63. The van der Waals surface area contributed by atoms with Crippen molar-refractivity contribution in [3.63, 3.8) is 0 Å². The molecule has 0 N–H and O–H groups in total. The van der Waals surface area contributed by atoms with Gasteiger partial charge in [-0.3, -0.25) is 4.90 Å². The summed E-state index contributed by atoms with van der Waals surface area (Å²) in [6.07, 6.45) is 1.83. The summed E-state index contributed by atoms with van der Waals surface area (Å²) in [7, 11) is 0. The molecule has 0 spiro atoms. The van der Waals surface area contributed by atoms with E-state index in [1.807, 2.05) is 11.8 Å². The third kappa shape index (κ3) is 3.29. The largest absolute Gasteiger partial charge is 0.448 e. The van der Waals surface area contributed by atoms with Crippen molar-refractivity contribution in [1.29, 1.82) is 0 Å². The zero-order chi connectivity index (χ0) is 23.4. The van der Waals surface area contributed by atoms with Crippen molar-refractivity contribution in [2.75, 3.05) is 24.7 Å². The molecule has 2 atom stereocenters. The molecule has 0 saturated carbocycles. The monoisotopic (exact) mass is 457 g/mol. The van der Waals surface area contributed by atoms with Crippen LogP contribution in [0.3, 0.4) is 0 Å². The molecular formula is C27H31N5O2. The highest BCUT2D eigenvalue weighted by molar-refractivity contribution is 5.79. The zero-order valence-corrected chi connectivity index (χ0v) is 20.0. The normalized spacial score (nSPS) is 21.2. The summed E-state index contributed by atoms with van der Waals surface area (Å²) in [4.78, 5) is 15.3. The van der Waals surface area contributed by atoms with E-state index in [1.165, 1.54) is 22.3 Å². The summed E-state index contributed by atoms with van der Waals surface area (Å²) >= 11 is 0. The van der Waals surface area contributed by atoms with Crippen LogP contribution < -0.4 is 5.01 Å². The maximum atomic E-state index is 13.3. The summed E-state index contributed by atoms with van der Waals surface area (Å²) < 4.78 is 8.17. The van der Waals surface area contributed by atoms with Crippen LogP contribution >= 0.6 is 0 Å². The van der Waals surface area contributed by atoms with E-state index in [4.69, 9.17) is 4.74 Å². The van der Waals surface area contributed by atoms with Crippen molar-refractivity contribution in [1.82, 2.24) is 19.8 Å². The van der Waals surface area contributed by atoms with Crippen molar-refractivity contribution in [3.8, 4) is 11.1 Å². The van der Waals surface area contributed by atoms with Crippen LogP contribution in [0.1, 0.15) is 61.3 Å². The number of piperazine rings is 1. The Hall–Kier alpha value is -3.35. The number of aromatic nitrogens is 3. The zero-order valence-electron chi connectivity index (χ0n) is 20.0. The van der Waals surface area contributed by atoms with E-state index in [0.29, 0.717) is 12.5 Å². The fourth-order valence-electron chi connectivity index (χ4n) is 6.09. The first-order chi connectivity index (χ1) is 16.5. The van der Waals surface area contributed by atoms with Gasteiger partial charge in [0.05, 0.1) is 25.2 Å². The van der Waals surface area contributed by atoms with E-state index in [9.17, 15) is 4.79 Å². The first-order valence-corrected chi connectivity index (χ1v) is 12.3. The number of carbonyl (C=O) groups is 1. The molecule has 0 radical (unpaired) electrons. The van der Waals surface area contributed by atoms with Crippen LogP contribution in [0.2, 0.25) is 0 Å². The molecule has 6 rings (SSSR count). The van der Waals surface area contributed by atoms with Gasteiger partial charge in [0.15, 0.2) is 5.82 Å². The average Bonchev–Trinajstić information content (AvgIpc) is 3.47. The van der Waals surface area contributed by atoms with Gasteiger partial charge in [-0.15, -0.1) is 10.2 Å². The molecule has 3 aliphatic rings. The molecule has 3 heterocycles. The fourth-order valence-corrected chi connectivity index (χ4v) is 6.09. The fraction of sp³-hybridized carbons (Fsp3) is 0.444. The molecule has 2 fully saturated rings. The van der Waals surface area contributed by atoms with Gasteiger partial charge in [0, 0.05) is 11.8 Å². The summed E-state index contributed by atoms with van der Waals surface area (Å²) in [5.41, 5.74) is 4.98. The number of fused-ring (bicyclic) bond motifs is 5. The molecule has 2 unspecified atom stereocenters. The number of aryl methyl sites for hydroxylation is 1. The Morgan fingerprint density at radius 2 is 1.56 bits per heavy atom. The minimum Gasteiger partial charge on any atom is -0.448 e.